The second-order valence-electron chi connectivity index (χ2n) is 6.72. The molecule has 0 unspecified atom stereocenters. The number of methoxy groups -OCH3 is 1. The lowest BCUT2D eigenvalue weighted by atomic mass is 9.68. The summed E-state index contributed by atoms with van der Waals surface area (Å²) in [7, 11) is 1.36. The van der Waals surface area contributed by atoms with Gasteiger partial charge in [0.2, 0.25) is 0 Å². The highest BCUT2D eigenvalue weighted by Crippen LogP contribution is 2.42. The van der Waals surface area contributed by atoms with Gasteiger partial charge in [-0.25, -0.2) is 0 Å². The molecule has 0 radical (unpaired) electrons. The summed E-state index contributed by atoms with van der Waals surface area (Å²) in [5, 5.41) is 0. The average molecular weight is 314 g/mol. The van der Waals surface area contributed by atoms with Crippen LogP contribution in [-0.2, 0) is 14.3 Å². The number of benzene rings is 1. The van der Waals surface area contributed by atoms with E-state index in [-0.39, 0.29) is 5.78 Å². The van der Waals surface area contributed by atoms with Gasteiger partial charge in [-0.1, -0.05) is 43.5 Å². The summed E-state index contributed by atoms with van der Waals surface area (Å²) >= 11 is 0. The molecule has 23 heavy (non-hydrogen) atoms. The molecule has 0 aromatic heterocycles. The van der Waals surface area contributed by atoms with Crippen LogP contribution in [0.15, 0.2) is 18.7 Å². The number of allylic oxidation sites excluding steroid dienone is 1. The first kappa shape index (κ1) is 17.5. The number of carbonyl (C=O) groups is 2. The molecule has 0 aliphatic heterocycles. The van der Waals surface area contributed by atoms with Crippen molar-refractivity contribution in [1.82, 2.24) is 0 Å². The quantitative estimate of drug-likeness (QED) is 0.472. The van der Waals surface area contributed by atoms with Gasteiger partial charge in [-0.3, -0.25) is 9.59 Å². The standard InChI is InChI=1S/C20H26O3/c1-13-11-14(2)17(15(3)12-13)16(4)18(21)20(19(22)23-5)9-7-6-8-10-20/h11-12H,4,6-10H2,1-3,5H3. The highest BCUT2D eigenvalue weighted by atomic mass is 16.5. The van der Waals surface area contributed by atoms with Crippen molar-refractivity contribution in [3.05, 3.63) is 41.0 Å². The Morgan fingerprint density at radius 2 is 1.57 bits per heavy atom. The largest absolute Gasteiger partial charge is 0.468 e. The zero-order valence-corrected chi connectivity index (χ0v) is 14.6. The van der Waals surface area contributed by atoms with Crippen LogP contribution in [0, 0.1) is 26.2 Å². The van der Waals surface area contributed by atoms with Crippen LogP contribution < -0.4 is 0 Å². The fraction of sp³-hybridized carbons (Fsp3) is 0.500. The second kappa shape index (κ2) is 6.69. The molecule has 124 valence electrons. The minimum absolute atomic E-state index is 0.167. The van der Waals surface area contributed by atoms with Crippen molar-refractivity contribution < 1.29 is 14.3 Å². The van der Waals surface area contributed by atoms with E-state index < -0.39 is 11.4 Å². The highest BCUT2D eigenvalue weighted by molar-refractivity contribution is 6.28. The third kappa shape index (κ3) is 3.10. The minimum atomic E-state index is -1.05. The number of ether oxygens (including phenoxy) is 1. The molecular weight excluding hydrogens is 288 g/mol. The summed E-state index contributed by atoms with van der Waals surface area (Å²) in [6.07, 6.45) is 3.92. The van der Waals surface area contributed by atoms with Crippen LogP contribution in [-0.4, -0.2) is 18.9 Å². The number of rotatable bonds is 4. The number of carbonyl (C=O) groups excluding carboxylic acids is 2. The van der Waals surface area contributed by atoms with Gasteiger partial charge in [0.1, 0.15) is 5.41 Å². The molecule has 1 aliphatic carbocycles. The Morgan fingerprint density at radius 3 is 2.04 bits per heavy atom. The van der Waals surface area contributed by atoms with Crippen LogP contribution in [0.1, 0.15) is 54.4 Å². The van der Waals surface area contributed by atoms with Crippen LogP contribution in [0.4, 0.5) is 0 Å². The molecule has 1 aromatic rings. The van der Waals surface area contributed by atoms with Crippen molar-refractivity contribution in [3.63, 3.8) is 0 Å². The van der Waals surface area contributed by atoms with E-state index in [1.165, 1.54) is 7.11 Å². The van der Waals surface area contributed by atoms with Gasteiger partial charge < -0.3 is 4.74 Å². The predicted octanol–water partition coefficient (Wildman–Crippen LogP) is 4.32. The maximum atomic E-state index is 13.2. The Morgan fingerprint density at radius 1 is 1.04 bits per heavy atom. The van der Waals surface area contributed by atoms with E-state index in [0.29, 0.717) is 18.4 Å². The number of esters is 1. The van der Waals surface area contributed by atoms with E-state index in [4.69, 9.17) is 4.74 Å². The lowest BCUT2D eigenvalue weighted by molar-refractivity contribution is -0.158. The third-order valence-corrected chi connectivity index (χ3v) is 4.97. The summed E-state index contributed by atoms with van der Waals surface area (Å²) in [6, 6.07) is 4.10. The Balaban J connectivity index is 2.45. The molecule has 3 nitrogen and oxygen atoms in total. The molecule has 0 amide bonds. The summed E-state index contributed by atoms with van der Waals surface area (Å²) in [5.74, 6) is -0.579. The van der Waals surface area contributed by atoms with Crippen LogP contribution in [0.25, 0.3) is 5.57 Å². The van der Waals surface area contributed by atoms with E-state index in [2.05, 4.69) is 6.58 Å². The maximum absolute atomic E-state index is 13.2. The van der Waals surface area contributed by atoms with Crippen LogP contribution in [0.2, 0.25) is 0 Å². The van der Waals surface area contributed by atoms with Gasteiger partial charge >= 0.3 is 5.97 Å². The fourth-order valence-electron chi connectivity index (χ4n) is 3.93. The van der Waals surface area contributed by atoms with Gasteiger partial charge in [0, 0.05) is 5.57 Å². The predicted molar refractivity (Wildman–Crippen MR) is 92.2 cm³/mol. The lowest BCUT2D eigenvalue weighted by Gasteiger charge is -2.34. The van der Waals surface area contributed by atoms with Crippen molar-refractivity contribution in [1.29, 1.82) is 0 Å². The topological polar surface area (TPSA) is 43.4 Å². The molecule has 1 fully saturated rings. The number of hydrogen-bond donors (Lipinski definition) is 0. The zero-order chi connectivity index (χ0) is 17.2. The average Bonchev–Trinajstić information content (AvgIpc) is 2.52. The van der Waals surface area contributed by atoms with Crippen LogP contribution in [0.5, 0.6) is 0 Å². The Bertz CT molecular complexity index is 626. The van der Waals surface area contributed by atoms with Gasteiger partial charge in [-0.05, 0) is 50.3 Å². The van der Waals surface area contributed by atoms with Crippen LogP contribution in [0.3, 0.4) is 0 Å². The lowest BCUT2D eigenvalue weighted by Crippen LogP contribution is -2.42. The van der Waals surface area contributed by atoms with Gasteiger partial charge in [0.15, 0.2) is 5.78 Å². The van der Waals surface area contributed by atoms with E-state index in [0.717, 1.165) is 41.5 Å². The molecule has 0 atom stereocenters. The molecule has 1 aromatic carbocycles. The van der Waals surface area contributed by atoms with E-state index in [1.54, 1.807) is 0 Å². The second-order valence-corrected chi connectivity index (χ2v) is 6.72. The highest BCUT2D eigenvalue weighted by Gasteiger charge is 2.48. The SMILES string of the molecule is C=C(C(=O)C1(C(=O)OC)CCCCC1)c1c(C)cc(C)cc1C. The summed E-state index contributed by atoms with van der Waals surface area (Å²) in [4.78, 5) is 25.6. The number of Topliss-reactive ketones (excluding diaryl/α,β-unsaturated/α-hetero) is 1. The Labute approximate surface area is 138 Å². The van der Waals surface area contributed by atoms with Crippen molar-refractivity contribution in [2.45, 2.75) is 52.9 Å². The number of aryl methyl sites for hydroxylation is 3. The normalized spacial score (nSPS) is 16.7. The monoisotopic (exact) mass is 314 g/mol. The van der Waals surface area contributed by atoms with Crippen molar-refractivity contribution >= 4 is 17.3 Å². The van der Waals surface area contributed by atoms with Crippen molar-refractivity contribution in [2.24, 2.45) is 5.41 Å². The first-order valence-corrected chi connectivity index (χ1v) is 8.24. The number of hydrogen-bond acceptors (Lipinski definition) is 3. The summed E-state index contributed by atoms with van der Waals surface area (Å²) < 4.78 is 4.98. The fourth-order valence-corrected chi connectivity index (χ4v) is 3.93. The molecule has 0 N–H and O–H groups in total. The minimum Gasteiger partial charge on any atom is -0.468 e. The van der Waals surface area contributed by atoms with E-state index in [9.17, 15) is 9.59 Å². The van der Waals surface area contributed by atoms with Gasteiger partial charge in [0.05, 0.1) is 7.11 Å². The molecule has 1 aliphatic rings. The first-order valence-electron chi connectivity index (χ1n) is 8.24. The first-order chi connectivity index (χ1) is 10.8. The van der Waals surface area contributed by atoms with Crippen molar-refractivity contribution in [2.75, 3.05) is 7.11 Å². The molecule has 0 saturated heterocycles. The van der Waals surface area contributed by atoms with Crippen molar-refractivity contribution in [3.8, 4) is 0 Å². The third-order valence-electron chi connectivity index (χ3n) is 4.97. The summed E-state index contributed by atoms with van der Waals surface area (Å²) in [5.41, 5.74) is 3.47. The van der Waals surface area contributed by atoms with E-state index in [1.807, 2.05) is 32.9 Å². The molecule has 0 heterocycles. The molecule has 0 bridgehead atoms. The van der Waals surface area contributed by atoms with Gasteiger partial charge in [-0.15, -0.1) is 0 Å². The summed E-state index contributed by atoms with van der Waals surface area (Å²) in [6.45, 7) is 10.1. The molecule has 3 heteroatoms. The Kier molecular flexibility index (Phi) is 5.08. The van der Waals surface area contributed by atoms with Gasteiger partial charge in [0.25, 0.3) is 0 Å². The van der Waals surface area contributed by atoms with Crippen LogP contribution >= 0.6 is 0 Å². The molecule has 1 saturated carbocycles. The zero-order valence-electron chi connectivity index (χ0n) is 14.6. The molecule has 0 spiro atoms. The van der Waals surface area contributed by atoms with E-state index >= 15 is 0 Å². The number of ketones is 1. The Hall–Kier alpha value is -1.90. The maximum Gasteiger partial charge on any atom is 0.319 e. The smallest absolute Gasteiger partial charge is 0.319 e. The molecular formula is C20H26O3. The van der Waals surface area contributed by atoms with Gasteiger partial charge in [-0.2, -0.15) is 0 Å². The molecule has 2 rings (SSSR count).